The number of rotatable bonds is 2. The van der Waals surface area contributed by atoms with E-state index in [2.05, 4.69) is 5.01 Å². The summed E-state index contributed by atoms with van der Waals surface area (Å²) < 4.78 is 0. The van der Waals surface area contributed by atoms with E-state index in [0.29, 0.717) is 32.3 Å². The summed E-state index contributed by atoms with van der Waals surface area (Å²) >= 11 is 24.8. The Morgan fingerprint density at radius 1 is 0.759 bits per heavy atom. The van der Waals surface area contributed by atoms with Crippen LogP contribution in [0.1, 0.15) is 18.0 Å². The highest BCUT2D eigenvalue weighted by molar-refractivity contribution is 6.36. The summed E-state index contributed by atoms with van der Waals surface area (Å²) in [4.78, 5) is 28.1. The van der Waals surface area contributed by atoms with Gasteiger partial charge in [-0.1, -0.05) is 52.5 Å². The normalized spacial score (nSPS) is 27.0. The predicted molar refractivity (Wildman–Crippen MR) is 113 cm³/mol. The Labute approximate surface area is 187 Å². The molecule has 0 radical (unpaired) electrons. The Hall–Kier alpha value is -1.34. The van der Waals surface area contributed by atoms with Crippen LogP contribution in [0.3, 0.4) is 0 Å². The molecule has 0 bridgehead atoms. The van der Waals surface area contributed by atoms with Crippen molar-refractivity contribution in [3.05, 3.63) is 62.1 Å². The van der Waals surface area contributed by atoms with Crippen LogP contribution in [-0.2, 0) is 9.59 Å². The monoisotopic (exact) mass is 469 g/mol. The van der Waals surface area contributed by atoms with Crippen LogP contribution in [0, 0.1) is 5.92 Å². The van der Waals surface area contributed by atoms with Crippen LogP contribution in [0.5, 0.6) is 0 Å². The Balaban J connectivity index is 1.61. The van der Waals surface area contributed by atoms with Crippen LogP contribution in [0.25, 0.3) is 0 Å². The van der Waals surface area contributed by atoms with Crippen molar-refractivity contribution in [1.82, 2.24) is 10.0 Å². The van der Waals surface area contributed by atoms with E-state index >= 15 is 0 Å². The van der Waals surface area contributed by atoms with Gasteiger partial charge in [0.05, 0.1) is 17.6 Å². The van der Waals surface area contributed by atoms with Gasteiger partial charge in [0.2, 0.25) is 5.91 Å². The molecule has 0 saturated carbocycles. The molecule has 0 unspecified atom stereocenters. The minimum absolute atomic E-state index is 0.266. The molecule has 150 valence electrons. The molecule has 3 aliphatic rings. The highest BCUT2D eigenvalue weighted by Crippen LogP contribution is 2.50. The number of carbonyl (C=O) groups is 2. The van der Waals surface area contributed by atoms with E-state index in [-0.39, 0.29) is 17.9 Å². The smallest absolute Gasteiger partial charge is 0.253 e. The first-order valence-corrected chi connectivity index (χ1v) is 10.7. The van der Waals surface area contributed by atoms with Crippen molar-refractivity contribution in [2.24, 2.45) is 5.92 Å². The van der Waals surface area contributed by atoms with Gasteiger partial charge in [0, 0.05) is 33.2 Å². The second-order valence-electron chi connectivity index (χ2n) is 7.40. The Kier molecular flexibility index (Phi) is 4.81. The number of hydrogen-bond acceptors (Lipinski definition) is 4. The van der Waals surface area contributed by atoms with Crippen molar-refractivity contribution in [2.75, 3.05) is 18.0 Å². The van der Waals surface area contributed by atoms with Crippen LogP contribution in [-0.4, -0.2) is 41.0 Å². The number of benzene rings is 2. The Morgan fingerprint density at radius 3 is 2.07 bits per heavy atom. The van der Waals surface area contributed by atoms with Crippen LogP contribution in [0.2, 0.25) is 20.1 Å². The quantitative estimate of drug-likeness (QED) is 0.589. The average Bonchev–Trinajstić information content (AvgIpc) is 3.27. The van der Waals surface area contributed by atoms with Gasteiger partial charge < -0.3 is 0 Å². The lowest BCUT2D eigenvalue weighted by Gasteiger charge is -2.30. The van der Waals surface area contributed by atoms with Gasteiger partial charge in [-0.2, -0.15) is 0 Å². The van der Waals surface area contributed by atoms with E-state index in [1.165, 1.54) is 4.90 Å². The van der Waals surface area contributed by atoms with Crippen LogP contribution in [0.15, 0.2) is 36.4 Å². The van der Waals surface area contributed by atoms with E-state index in [0.717, 1.165) is 18.5 Å². The molecular weight excluding hydrogens is 456 g/mol. The van der Waals surface area contributed by atoms with Gasteiger partial charge in [0.1, 0.15) is 6.04 Å². The van der Waals surface area contributed by atoms with Crippen molar-refractivity contribution in [1.29, 1.82) is 0 Å². The summed E-state index contributed by atoms with van der Waals surface area (Å²) in [6.07, 6.45) is 0.912. The number of carbonyl (C=O) groups excluding carboxylic acids is 2. The molecule has 5 nitrogen and oxygen atoms in total. The number of halogens is 4. The standard InChI is InChI=1S/C20H15Cl4N3O2/c21-10-2-3-14(15(24)9-10)17-16-18(26-5-1-4-25(17)26)20(29)27(19(16)28)13-7-11(22)6-12(23)8-13/h2-3,6-9,16-18H,1,4-5H2/t16-,17+,18-/m0/s1. The van der Waals surface area contributed by atoms with Crippen LogP contribution >= 0.6 is 46.4 Å². The number of amides is 2. The third-order valence-electron chi connectivity index (χ3n) is 5.79. The van der Waals surface area contributed by atoms with Gasteiger partial charge in [-0.05, 0) is 42.3 Å². The third-order valence-corrected chi connectivity index (χ3v) is 6.79. The van der Waals surface area contributed by atoms with Gasteiger partial charge >= 0.3 is 0 Å². The molecule has 0 aliphatic carbocycles. The van der Waals surface area contributed by atoms with Gasteiger partial charge in [0.15, 0.2) is 0 Å². The SMILES string of the molecule is O=C1[C@@H]2[C@@H](C(=O)N1c1cc(Cl)cc(Cl)c1)N1CCCN1[C@@H]2c1ccc(Cl)cc1Cl. The van der Waals surface area contributed by atoms with E-state index in [1.807, 2.05) is 11.1 Å². The number of anilines is 1. The number of hydrogen-bond donors (Lipinski definition) is 0. The fraction of sp³-hybridized carbons (Fsp3) is 0.300. The van der Waals surface area contributed by atoms with Crippen LogP contribution in [0.4, 0.5) is 5.69 Å². The molecule has 2 amide bonds. The minimum atomic E-state index is -0.570. The second-order valence-corrected chi connectivity index (χ2v) is 9.12. The molecule has 2 aromatic rings. The predicted octanol–water partition coefficient (Wildman–Crippen LogP) is 4.84. The molecule has 3 fully saturated rings. The molecule has 3 saturated heterocycles. The zero-order valence-corrected chi connectivity index (χ0v) is 18.0. The maximum Gasteiger partial charge on any atom is 0.253 e. The summed E-state index contributed by atoms with van der Waals surface area (Å²) in [5.74, 6) is -1.11. The maximum atomic E-state index is 13.5. The first-order valence-electron chi connectivity index (χ1n) is 9.19. The van der Waals surface area contributed by atoms with Crippen molar-refractivity contribution in [3.63, 3.8) is 0 Å². The topological polar surface area (TPSA) is 43.9 Å². The molecule has 0 aromatic heterocycles. The molecule has 0 spiro atoms. The van der Waals surface area contributed by atoms with Crippen molar-refractivity contribution in [2.45, 2.75) is 18.5 Å². The van der Waals surface area contributed by atoms with Gasteiger partial charge in [0.25, 0.3) is 5.91 Å². The van der Waals surface area contributed by atoms with Gasteiger partial charge in [-0.25, -0.2) is 14.9 Å². The Bertz CT molecular complexity index is 1030. The number of imide groups is 1. The van der Waals surface area contributed by atoms with E-state index < -0.39 is 12.0 Å². The lowest BCUT2D eigenvalue weighted by atomic mass is 9.90. The van der Waals surface area contributed by atoms with Crippen molar-refractivity contribution < 1.29 is 9.59 Å². The van der Waals surface area contributed by atoms with Crippen LogP contribution < -0.4 is 4.90 Å². The van der Waals surface area contributed by atoms with Gasteiger partial charge in [-0.15, -0.1) is 0 Å². The lowest BCUT2D eigenvalue weighted by molar-refractivity contribution is -0.126. The third kappa shape index (κ3) is 2.99. The zero-order valence-electron chi connectivity index (χ0n) is 15.0. The summed E-state index contributed by atoms with van der Waals surface area (Å²) in [5, 5.41) is 5.85. The van der Waals surface area contributed by atoms with Crippen molar-refractivity contribution >= 4 is 63.9 Å². The molecule has 9 heteroatoms. The summed E-state index contributed by atoms with van der Waals surface area (Å²) in [5.41, 5.74) is 1.18. The summed E-state index contributed by atoms with van der Waals surface area (Å²) in [6, 6.07) is 9.09. The number of nitrogens with zero attached hydrogens (tertiary/aromatic N) is 3. The molecule has 2 aromatic carbocycles. The average molecular weight is 471 g/mol. The molecule has 29 heavy (non-hydrogen) atoms. The number of fused-ring (bicyclic) bond motifs is 3. The maximum absolute atomic E-state index is 13.5. The first-order chi connectivity index (χ1) is 13.9. The molecular formula is C20H15Cl4N3O2. The van der Waals surface area contributed by atoms with E-state index in [1.54, 1.807) is 30.3 Å². The first kappa shape index (κ1) is 19.6. The summed E-state index contributed by atoms with van der Waals surface area (Å²) in [6.45, 7) is 1.48. The van der Waals surface area contributed by atoms with E-state index in [4.69, 9.17) is 46.4 Å². The molecule has 3 atom stereocenters. The van der Waals surface area contributed by atoms with Crippen molar-refractivity contribution in [3.8, 4) is 0 Å². The minimum Gasteiger partial charge on any atom is -0.274 e. The fourth-order valence-corrected chi connectivity index (χ4v) is 5.79. The summed E-state index contributed by atoms with van der Waals surface area (Å²) in [7, 11) is 0. The zero-order chi connectivity index (χ0) is 20.4. The lowest BCUT2D eigenvalue weighted by Crippen LogP contribution is -2.44. The Morgan fingerprint density at radius 2 is 1.41 bits per heavy atom. The second kappa shape index (κ2) is 7.12. The molecule has 3 aliphatic heterocycles. The highest BCUT2D eigenvalue weighted by Gasteiger charge is 2.63. The highest BCUT2D eigenvalue weighted by atomic mass is 35.5. The molecule has 0 N–H and O–H groups in total. The molecule has 5 rings (SSSR count). The van der Waals surface area contributed by atoms with E-state index in [9.17, 15) is 9.59 Å². The van der Waals surface area contributed by atoms with Gasteiger partial charge in [-0.3, -0.25) is 9.59 Å². The largest absolute Gasteiger partial charge is 0.274 e. The molecule has 3 heterocycles. The fourth-order valence-electron chi connectivity index (χ4n) is 4.75. The number of hydrazine groups is 1.